The van der Waals surface area contributed by atoms with Gasteiger partial charge in [-0.05, 0) is 34.9 Å². The summed E-state index contributed by atoms with van der Waals surface area (Å²) in [5, 5.41) is 10.7. The summed E-state index contributed by atoms with van der Waals surface area (Å²) < 4.78 is 12.7. The van der Waals surface area contributed by atoms with E-state index in [0.717, 1.165) is 16.7 Å². The molecule has 0 aliphatic heterocycles. The Morgan fingerprint density at radius 2 is 1.65 bits per heavy atom. The number of benzene rings is 2. The summed E-state index contributed by atoms with van der Waals surface area (Å²) in [6.45, 7) is -0.210. The molecule has 0 bridgehead atoms. The predicted molar refractivity (Wildman–Crippen MR) is 66.2 cm³/mol. The van der Waals surface area contributed by atoms with Crippen LogP contribution < -0.4 is 0 Å². The van der Waals surface area contributed by atoms with Gasteiger partial charge in [-0.1, -0.05) is 42.5 Å². The van der Waals surface area contributed by atoms with Crippen molar-refractivity contribution in [1.82, 2.24) is 0 Å². The van der Waals surface area contributed by atoms with Crippen molar-refractivity contribution < 1.29 is 9.50 Å². The van der Waals surface area contributed by atoms with E-state index < -0.39 is 0 Å². The fourth-order valence-corrected chi connectivity index (χ4v) is 1.55. The van der Waals surface area contributed by atoms with E-state index in [2.05, 4.69) is 0 Å². The fourth-order valence-electron chi connectivity index (χ4n) is 1.55. The standard InChI is InChI=1S/C15H12FO/c16-15-8-6-12(7-9-15)4-5-13-2-1-3-14(10-13)11-17/h1-10H,11H2. The highest BCUT2D eigenvalue weighted by molar-refractivity contribution is 5.69. The van der Waals surface area contributed by atoms with Crippen molar-refractivity contribution in [2.75, 3.05) is 0 Å². The van der Waals surface area contributed by atoms with E-state index in [1.165, 1.54) is 12.1 Å². The van der Waals surface area contributed by atoms with Gasteiger partial charge in [0.05, 0.1) is 0 Å². The third kappa shape index (κ3) is 3.26. The van der Waals surface area contributed by atoms with Gasteiger partial charge in [0.2, 0.25) is 0 Å². The number of halogens is 1. The van der Waals surface area contributed by atoms with Gasteiger partial charge in [0.1, 0.15) is 12.4 Å². The van der Waals surface area contributed by atoms with Gasteiger partial charge in [-0.15, -0.1) is 0 Å². The van der Waals surface area contributed by atoms with Crippen LogP contribution in [0.3, 0.4) is 0 Å². The van der Waals surface area contributed by atoms with Gasteiger partial charge in [0.15, 0.2) is 0 Å². The highest BCUT2D eigenvalue weighted by Gasteiger charge is 1.93. The first-order chi connectivity index (χ1) is 8.28. The third-order valence-electron chi connectivity index (χ3n) is 2.46. The molecule has 0 atom stereocenters. The van der Waals surface area contributed by atoms with Crippen LogP contribution in [0.5, 0.6) is 0 Å². The van der Waals surface area contributed by atoms with Gasteiger partial charge in [0.25, 0.3) is 0 Å². The number of rotatable bonds is 3. The topological polar surface area (TPSA) is 19.9 Å². The Labute approximate surface area is 99.9 Å². The minimum absolute atomic E-state index is 0.210. The summed E-state index contributed by atoms with van der Waals surface area (Å²) in [6, 6.07) is 13.7. The zero-order valence-electron chi connectivity index (χ0n) is 9.27. The van der Waals surface area contributed by atoms with Crippen molar-refractivity contribution in [2.45, 2.75) is 6.61 Å². The molecule has 0 aliphatic rings. The quantitative estimate of drug-likeness (QED) is 0.708. The zero-order chi connectivity index (χ0) is 12.1. The Kier molecular flexibility index (Phi) is 3.68. The van der Waals surface area contributed by atoms with Gasteiger partial charge in [-0.3, -0.25) is 0 Å². The minimum atomic E-state index is -0.240. The largest absolute Gasteiger partial charge is 0.232 e. The molecule has 0 aromatic heterocycles. The Morgan fingerprint density at radius 3 is 2.35 bits per heavy atom. The lowest BCUT2D eigenvalue weighted by Crippen LogP contribution is -1.81. The van der Waals surface area contributed by atoms with Gasteiger partial charge < -0.3 is 0 Å². The van der Waals surface area contributed by atoms with Crippen molar-refractivity contribution in [3.05, 3.63) is 71.0 Å². The average Bonchev–Trinajstić information content (AvgIpc) is 2.38. The van der Waals surface area contributed by atoms with E-state index in [4.69, 9.17) is 0 Å². The molecule has 0 spiro atoms. The molecule has 85 valence electrons. The van der Waals surface area contributed by atoms with Crippen LogP contribution in [0.2, 0.25) is 0 Å². The normalized spacial score (nSPS) is 10.9. The summed E-state index contributed by atoms with van der Waals surface area (Å²) >= 11 is 0. The van der Waals surface area contributed by atoms with Crippen molar-refractivity contribution in [2.24, 2.45) is 0 Å². The van der Waals surface area contributed by atoms with E-state index in [-0.39, 0.29) is 12.4 Å². The molecule has 1 nitrogen and oxygen atoms in total. The Hall–Kier alpha value is -1.93. The van der Waals surface area contributed by atoms with E-state index in [9.17, 15) is 9.50 Å². The molecule has 1 radical (unpaired) electrons. The minimum Gasteiger partial charge on any atom is -0.232 e. The first-order valence-electron chi connectivity index (χ1n) is 5.38. The second-order valence-corrected chi connectivity index (χ2v) is 3.77. The van der Waals surface area contributed by atoms with Crippen LogP contribution in [0.1, 0.15) is 16.7 Å². The molecule has 2 rings (SSSR count). The lowest BCUT2D eigenvalue weighted by Gasteiger charge is -1.97. The van der Waals surface area contributed by atoms with Crippen LogP contribution in [0.15, 0.2) is 48.5 Å². The number of hydrogen-bond donors (Lipinski definition) is 0. The zero-order valence-corrected chi connectivity index (χ0v) is 9.27. The van der Waals surface area contributed by atoms with Gasteiger partial charge in [0, 0.05) is 0 Å². The summed E-state index contributed by atoms with van der Waals surface area (Å²) in [7, 11) is 0. The first-order valence-corrected chi connectivity index (χ1v) is 5.38. The summed E-state index contributed by atoms with van der Waals surface area (Å²) in [4.78, 5) is 0. The summed E-state index contributed by atoms with van der Waals surface area (Å²) in [5.74, 6) is -0.240. The molecule has 2 heteroatoms. The Morgan fingerprint density at radius 1 is 0.941 bits per heavy atom. The van der Waals surface area contributed by atoms with Crippen LogP contribution >= 0.6 is 0 Å². The molecule has 0 saturated heterocycles. The highest BCUT2D eigenvalue weighted by atomic mass is 19.1. The molecule has 0 unspecified atom stereocenters. The fraction of sp³-hybridized carbons (Fsp3) is 0.0667. The van der Waals surface area contributed by atoms with Crippen LogP contribution in [0.4, 0.5) is 4.39 Å². The summed E-state index contributed by atoms with van der Waals surface area (Å²) in [6.07, 6.45) is 3.80. The predicted octanol–water partition coefficient (Wildman–Crippen LogP) is 3.93. The van der Waals surface area contributed by atoms with Gasteiger partial charge in [-0.25, -0.2) is 9.50 Å². The maximum Gasteiger partial charge on any atom is 0.123 e. The Balaban J connectivity index is 2.16. The van der Waals surface area contributed by atoms with E-state index in [1.54, 1.807) is 12.1 Å². The number of hydrogen-bond acceptors (Lipinski definition) is 0. The third-order valence-corrected chi connectivity index (χ3v) is 2.46. The van der Waals surface area contributed by atoms with Gasteiger partial charge in [-0.2, -0.15) is 0 Å². The van der Waals surface area contributed by atoms with E-state index >= 15 is 0 Å². The molecule has 0 heterocycles. The van der Waals surface area contributed by atoms with E-state index in [0.29, 0.717) is 0 Å². The summed E-state index contributed by atoms with van der Waals surface area (Å²) in [5.41, 5.74) is 2.67. The molecular formula is C15H12FO. The molecule has 0 fully saturated rings. The second kappa shape index (κ2) is 5.41. The Bertz CT molecular complexity index is 515. The average molecular weight is 227 g/mol. The maximum absolute atomic E-state index is 12.7. The molecule has 0 aliphatic carbocycles. The monoisotopic (exact) mass is 227 g/mol. The first kappa shape index (κ1) is 11.6. The van der Waals surface area contributed by atoms with E-state index in [1.807, 2.05) is 36.4 Å². The SMILES string of the molecule is [O]Cc1cccc(C=Cc2ccc(F)cc2)c1. The van der Waals surface area contributed by atoms with Crippen molar-refractivity contribution in [3.8, 4) is 0 Å². The van der Waals surface area contributed by atoms with Crippen molar-refractivity contribution in [3.63, 3.8) is 0 Å². The lowest BCUT2D eigenvalue weighted by molar-refractivity contribution is 0.177. The van der Waals surface area contributed by atoms with Crippen molar-refractivity contribution in [1.29, 1.82) is 0 Å². The van der Waals surface area contributed by atoms with Crippen LogP contribution in [0.25, 0.3) is 12.2 Å². The molecule has 0 saturated carbocycles. The van der Waals surface area contributed by atoms with Crippen LogP contribution in [0, 0.1) is 5.82 Å². The smallest absolute Gasteiger partial charge is 0.123 e. The maximum atomic E-state index is 12.7. The van der Waals surface area contributed by atoms with Crippen molar-refractivity contribution >= 4 is 12.2 Å². The molecule has 2 aromatic rings. The van der Waals surface area contributed by atoms with Crippen LogP contribution in [-0.2, 0) is 11.7 Å². The molecular weight excluding hydrogens is 215 g/mol. The molecule has 0 amide bonds. The highest BCUT2D eigenvalue weighted by Crippen LogP contribution is 2.11. The van der Waals surface area contributed by atoms with Crippen LogP contribution in [-0.4, -0.2) is 0 Å². The van der Waals surface area contributed by atoms with Gasteiger partial charge >= 0.3 is 0 Å². The lowest BCUT2D eigenvalue weighted by atomic mass is 10.1. The second-order valence-electron chi connectivity index (χ2n) is 3.77. The molecule has 2 aromatic carbocycles. The molecule has 17 heavy (non-hydrogen) atoms. The molecule has 0 N–H and O–H groups in total.